The maximum absolute atomic E-state index is 12.1. The van der Waals surface area contributed by atoms with E-state index in [1.54, 1.807) is 20.8 Å². The molecule has 1 unspecified atom stereocenters. The second-order valence-electron chi connectivity index (χ2n) is 6.28. The fourth-order valence-corrected chi connectivity index (χ4v) is 3.64. The van der Waals surface area contributed by atoms with Gasteiger partial charge in [-0.3, -0.25) is 0 Å². The van der Waals surface area contributed by atoms with E-state index in [0.29, 0.717) is 4.88 Å². The number of thiazole rings is 1. The molecule has 1 saturated carbocycles. The lowest BCUT2D eigenvalue weighted by Crippen LogP contribution is -2.26. The fraction of sp³-hybridized carbons (Fsp3) is 0.615. The van der Waals surface area contributed by atoms with Gasteiger partial charge in [0.25, 0.3) is 0 Å². The van der Waals surface area contributed by atoms with Gasteiger partial charge in [0.2, 0.25) is 4.88 Å². The van der Waals surface area contributed by atoms with Crippen LogP contribution in [0.4, 0.5) is 0 Å². The zero-order valence-corrected chi connectivity index (χ0v) is 12.8. The lowest BCUT2D eigenvalue weighted by atomic mass is 10.1. The third kappa shape index (κ3) is 2.69. The van der Waals surface area contributed by atoms with Crippen molar-refractivity contribution in [3.8, 4) is 0 Å². The van der Waals surface area contributed by atoms with E-state index in [0.717, 1.165) is 12.8 Å². The van der Waals surface area contributed by atoms with Gasteiger partial charge >= 0.3 is 11.0 Å². The molecule has 7 heteroatoms. The van der Waals surface area contributed by atoms with Crippen molar-refractivity contribution in [1.82, 2.24) is 4.98 Å². The maximum atomic E-state index is 12.1. The Kier molecular flexibility index (Phi) is 3.38. The lowest BCUT2D eigenvalue weighted by Gasteiger charge is -2.17. The zero-order valence-electron chi connectivity index (χ0n) is 12.0. The van der Waals surface area contributed by atoms with Crippen LogP contribution in [0.3, 0.4) is 0 Å². The molecule has 1 aliphatic carbocycles. The SMILES string of the molecule is CC(C)(C)OC(=O)c1nc(C(=O)[O-])c(C2(C)CC2)[s+]1N. The molecular weight excluding hydrogens is 280 g/mol. The van der Waals surface area contributed by atoms with E-state index in [-0.39, 0.29) is 16.1 Å². The Hall–Kier alpha value is -1.47. The molecule has 0 amide bonds. The molecule has 1 aromatic rings. The molecule has 1 aliphatic rings. The van der Waals surface area contributed by atoms with E-state index in [1.807, 2.05) is 6.92 Å². The number of carbonyl (C=O) groups is 2. The third-order valence-electron chi connectivity index (χ3n) is 3.17. The number of nitrogens with zero attached hydrogens (tertiary/aromatic N) is 1. The summed E-state index contributed by atoms with van der Waals surface area (Å²) in [7, 11) is -1.14. The average Bonchev–Trinajstić information content (AvgIpc) is 2.87. The fourth-order valence-electron chi connectivity index (χ4n) is 1.96. The van der Waals surface area contributed by atoms with Crippen LogP contribution >= 0.6 is 10.7 Å². The van der Waals surface area contributed by atoms with Crippen molar-refractivity contribution in [2.45, 2.75) is 51.6 Å². The van der Waals surface area contributed by atoms with E-state index in [2.05, 4.69) is 4.98 Å². The standard InChI is InChI=1S/C13H18N2O4S/c1-12(2,3)19-11(18)9-15-7(10(16)17)8(20(9)14)13(4)5-6-13/h5-6,14H2,1-4H3. The van der Waals surface area contributed by atoms with Crippen molar-refractivity contribution in [3.63, 3.8) is 0 Å². The minimum absolute atomic E-state index is 0.0257. The summed E-state index contributed by atoms with van der Waals surface area (Å²) < 4.78 is 5.22. The minimum Gasteiger partial charge on any atom is -0.543 e. The van der Waals surface area contributed by atoms with Crippen LogP contribution in [0, 0.1) is 0 Å². The molecule has 0 radical (unpaired) electrons. The number of carboxylic acids is 1. The van der Waals surface area contributed by atoms with Gasteiger partial charge in [0.15, 0.2) is 0 Å². The zero-order chi connectivity index (χ0) is 15.3. The van der Waals surface area contributed by atoms with Gasteiger partial charge < -0.3 is 14.6 Å². The molecule has 110 valence electrons. The number of aromatic carboxylic acids is 1. The number of carboxylic acid groups (broad SMARTS) is 1. The van der Waals surface area contributed by atoms with Gasteiger partial charge in [0, 0.05) is 5.41 Å². The summed E-state index contributed by atoms with van der Waals surface area (Å²) in [4.78, 5) is 27.7. The first-order valence-corrected chi connectivity index (χ1v) is 7.61. The molecule has 1 atom stereocenters. The van der Waals surface area contributed by atoms with E-state index < -0.39 is 28.2 Å². The van der Waals surface area contributed by atoms with E-state index in [1.165, 1.54) is 0 Å². The molecule has 0 bridgehead atoms. The van der Waals surface area contributed by atoms with E-state index >= 15 is 0 Å². The number of nitrogens with two attached hydrogens (primary N) is 1. The molecule has 0 spiro atoms. The predicted octanol–water partition coefficient (Wildman–Crippen LogP) is 0.915. The highest BCUT2D eigenvalue weighted by Gasteiger charge is 2.51. The van der Waals surface area contributed by atoms with Crippen molar-refractivity contribution in [1.29, 1.82) is 0 Å². The molecular formula is C13H18N2O4S. The Morgan fingerprint density at radius 1 is 1.40 bits per heavy atom. The minimum atomic E-state index is -1.39. The molecule has 0 aliphatic heterocycles. The predicted molar refractivity (Wildman–Crippen MR) is 73.0 cm³/mol. The lowest BCUT2D eigenvalue weighted by molar-refractivity contribution is -0.255. The highest BCUT2D eigenvalue weighted by Crippen LogP contribution is 2.52. The Morgan fingerprint density at radius 3 is 2.35 bits per heavy atom. The number of hydrogen-bond donors (Lipinski definition) is 1. The summed E-state index contributed by atoms with van der Waals surface area (Å²) in [5.74, 6) is -2.06. The number of hydrogen-bond acceptors (Lipinski definition) is 6. The van der Waals surface area contributed by atoms with Crippen LogP contribution in [-0.2, 0) is 10.2 Å². The van der Waals surface area contributed by atoms with Crippen LogP contribution in [-0.4, -0.2) is 22.5 Å². The van der Waals surface area contributed by atoms with Gasteiger partial charge in [0.1, 0.15) is 22.0 Å². The number of esters is 1. The monoisotopic (exact) mass is 298 g/mol. The number of rotatable bonds is 3. The van der Waals surface area contributed by atoms with Crippen molar-refractivity contribution in [2.75, 3.05) is 5.14 Å². The molecule has 1 aromatic heterocycles. The van der Waals surface area contributed by atoms with E-state index in [4.69, 9.17) is 9.88 Å². The second kappa shape index (κ2) is 4.53. The molecule has 1 fully saturated rings. The van der Waals surface area contributed by atoms with Crippen LogP contribution in [0.1, 0.15) is 65.7 Å². The summed E-state index contributed by atoms with van der Waals surface area (Å²) in [6, 6.07) is 0. The van der Waals surface area contributed by atoms with Crippen LogP contribution in [0.25, 0.3) is 0 Å². The normalized spacial score (nSPS) is 17.8. The summed E-state index contributed by atoms with van der Waals surface area (Å²) in [6.45, 7) is 7.10. The summed E-state index contributed by atoms with van der Waals surface area (Å²) in [6.07, 6.45) is 1.69. The molecule has 0 saturated heterocycles. The largest absolute Gasteiger partial charge is 0.543 e. The first-order chi connectivity index (χ1) is 9.05. The first kappa shape index (κ1) is 14.9. The topological polar surface area (TPSA) is 105 Å². The second-order valence-corrected chi connectivity index (χ2v) is 7.75. The van der Waals surface area contributed by atoms with Crippen LogP contribution in [0.15, 0.2) is 0 Å². The molecule has 1 heterocycles. The van der Waals surface area contributed by atoms with Crippen LogP contribution in [0.2, 0.25) is 0 Å². The van der Waals surface area contributed by atoms with E-state index in [9.17, 15) is 14.7 Å². The Balaban J connectivity index is 2.46. The van der Waals surface area contributed by atoms with Crippen LogP contribution < -0.4 is 10.2 Å². The first-order valence-electron chi connectivity index (χ1n) is 6.32. The number of ether oxygens (including phenoxy) is 1. The van der Waals surface area contributed by atoms with Gasteiger partial charge in [-0.1, -0.05) is 6.92 Å². The average molecular weight is 298 g/mol. The Morgan fingerprint density at radius 2 is 1.95 bits per heavy atom. The highest BCUT2D eigenvalue weighted by molar-refractivity contribution is 7.33. The number of carbonyl (C=O) groups excluding carboxylic acids is 2. The smallest absolute Gasteiger partial charge is 0.415 e. The van der Waals surface area contributed by atoms with Gasteiger partial charge in [-0.05, 0) is 33.6 Å². The highest BCUT2D eigenvalue weighted by atomic mass is 32.2. The quantitative estimate of drug-likeness (QED) is 0.657. The Bertz CT molecular complexity index is 582. The Labute approximate surface area is 120 Å². The van der Waals surface area contributed by atoms with Gasteiger partial charge in [-0.2, -0.15) is 4.98 Å². The molecule has 0 aromatic carbocycles. The third-order valence-corrected chi connectivity index (χ3v) is 4.97. The summed E-state index contributed by atoms with van der Waals surface area (Å²) in [5.41, 5.74) is -1.16. The van der Waals surface area contributed by atoms with Crippen molar-refractivity contribution in [2.24, 2.45) is 0 Å². The number of nitrogen functional groups attached to an aromatic ring is 1. The molecule has 2 rings (SSSR count). The van der Waals surface area contributed by atoms with Gasteiger partial charge in [0.05, 0.1) is 5.97 Å². The summed E-state index contributed by atoms with van der Waals surface area (Å²) >= 11 is 0. The molecule has 20 heavy (non-hydrogen) atoms. The molecule has 6 nitrogen and oxygen atoms in total. The number of aromatic nitrogens is 1. The van der Waals surface area contributed by atoms with Gasteiger partial charge in [-0.15, -0.1) is 5.14 Å². The van der Waals surface area contributed by atoms with Crippen molar-refractivity contribution >= 4 is 22.6 Å². The maximum Gasteiger partial charge on any atom is 0.415 e. The molecule has 2 N–H and O–H groups in total. The van der Waals surface area contributed by atoms with Crippen molar-refractivity contribution in [3.05, 3.63) is 15.6 Å². The van der Waals surface area contributed by atoms with Gasteiger partial charge in [-0.25, -0.2) is 4.79 Å². The van der Waals surface area contributed by atoms with Crippen LogP contribution in [0.5, 0.6) is 0 Å². The van der Waals surface area contributed by atoms with Crippen molar-refractivity contribution < 1.29 is 19.4 Å². The summed E-state index contributed by atoms with van der Waals surface area (Å²) in [5, 5.41) is 17.2.